The molecule has 2 aromatic rings. The average molecular weight is 277 g/mol. The van der Waals surface area contributed by atoms with Gasteiger partial charge in [0.15, 0.2) is 11.6 Å². The molecular weight excluding hydrogens is 261 g/mol. The Morgan fingerprint density at radius 1 is 1.45 bits per heavy atom. The first-order valence-corrected chi connectivity index (χ1v) is 6.30. The number of Topliss-reactive ketones (excluding diaryl/α,β-unsaturated/α-hetero) is 1. The van der Waals surface area contributed by atoms with E-state index < -0.39 is 5.82 Å². The molecule has 1 aromatic heterocycles. The van der Waals surface area contributed by atoms with Crippen molar-refractivity contribution in [2.75, 3.05) is 0 Å². The number of hydrogen-bond donors (Lipinski definition) is 0. The number of carbonyl (C=O) groups is 1. The Hall–Kier alpha value is -2.24. The quantitative estimate of drug-likeness (QED) is 0.788. The van der Waals surface area contributed by atoms with Crippen LogP contribution in [-0.4, -0.2) is 20.5 Å². The van der Waals surface area contributed by atoms with Crippen LogP contribution < -0.4 is 4.74 Å². The molecule has 2 rings (SSSR count). The van der Waals surface area contributed by atoms with Crippen molar-refractivity contribution in [3.8, 4) is 5.75 Å². The minimum atomic E-state index is -0.583. The van der Waals surface area contributed by atoms with E-state index in [1.165, 1.54) is 25.4 Å². The maximum Gasteiger partial charge on any atom is 0.165 e. The molecule has 0 spiro atoms. The highest BCUT2D eigenvalue weighted by molar-refractivity contribution is 5.94. The molecule has 20 heavy (non-hydrogen) atoms. The van der Waals surface area contributed by atoms with E-state index in [-0.39, 0.29) is 24.0 Å². The summed E-state index contributed by atoms with van der Waals surface area (Å²) in [7, 11) is 0. The molecule has 1 aromatic carbocycles. The number of ether oxygens (including phenoxy) is 1. The first-order chi connectivity index (χ1) is 9.49. The summed E-state index contributed by atoms with van der Waals surface area (Å²) >= 11 is 0. The summed E-state index contributed by atoms with van der Waals surface area (Å²) < 4.78 is 20.9. The van der Waals surface area contributed by atoms with Crippen molar-refractivity contribution in [2.24, 2.45) is 0 Å². The van der Waals surface area contributed by atoms with Gasteiger partial charge in [-0.25, -0.2) is 14.1 Å². The first-order valence-electron chi connectivity index (χ1n) is 6.30. The molecule has 106 valence electrons. The fourth-order valence-corrected chi connectivity index (χ4v) is 1.83. The Kier molecular flexibility index (Phi) is 4.12. The second-order valence-electron chi connectivity index (χ2n) is 4.70. The Bertz CT molecular complexity index is 623. The molecule has 0 radical (unpaired) electrons. The van der Waals surface area contributed by atoms with E-state index >= 15 is 0 Å². The van der Waals surface area contributed by atoms with E-state index in [1.807, 2.05) is 13.8 Å². The van der Waals surface area contributed by atoms with Gasteiger partial charge in [0, 0.05) is 12.1 Å². The number of ketones is 1. The lowest BCUT2D eigenvalue weighted by Crippen LogP contribution is -2.11. The number of carbonyl (C=O) groups excluding carboxylic acids is 1. The minimum Gasteiger partial charge on any atom is -0.486 e. The number of hydrogen-bond acceptors (Lipinski definition) is 4. The van der Waals surface area contributed by atoms with Gasteiger partial charge in [-0.3, -0.25) is 4.79 Å². The van der Waals surface area contributed by atoms with Crippen molar-refractivity contribution in [2.45, 2.75) is 33.4 Å². The van der Waals surface area contributed by atoms with Gasteiger partial charge in [0.1, 0.15) is 24.5 Å². The molecule has 0 saturated carbocycles. The van der Waals surface area contributed by atoms with Crippen LogP contribution in [-0.2, 0) is 6.61 Å². The maximum atomic E-state index is 13.6. The highest BCUT2D eigenvalue weighted by Crippen LogP contribution is 2.18. The summed E-state index contributed by atoms with van der Waals surface area (Å²) in [6.45, 7) is 5.49. The summed E-state index contributed by atoms with van der Waals surface area (Å²) in [5.74, 6) is 0.121. The monoisotopic (exact) mass is 277 g/mol. The van der Waals surface area contributed by atoms with Crippen LogP contribution in [0.4, 0.5) is 4.39 Å². The zero-order valence-corrected chi connectivity index (χ0v) is 11.6. The van der Waals surface area contributed by atoms with Gasteiger partial charge in [-0.2, -0.15) is 5.10 Å². The third kappa shape index (κ3) is 3.01. The topological polar surface area (TPSA) is 57.0 Å². The van der Waals surface area contributed by atoms with Gasteiger partial charge >= 0.3 is 0 Å². The highest BCUT2D eigenvalue weighted by Gasteiger charge is 2.11. The molecule has 0 atom stereocenters. The van der Waals surface area contributed by atoms with E-state index in [0.29, 0.717) is 11.6 Å². The van der Waals surface area contributed by atoms with Crippen molar-refractivity contribution in [3.05, 3.63) is 41.7 Å². The van der Waals surface area contributed by atoms with Gasteiger partial charge in [-0.1, -0.05) is 0 Å². The van der Waals surface area contributed by atoms with Crippen LogP contribution in [0.2, 0.25) is 0 Å². The number of halogens is 1. The Balaban J connectivity index is 2.09. The minimum absolute atomic E-state index is 0.0581. The van der Waals surface area contributed by atoms with Crippen LogP contribution in [0, 0.1) is 5.82 Å². The molecule has 6 heteroatoms. The fourth-order valence-electron chi connectivity index (χ4n) is 1.83. The Morgan fingerprint density at radius 3 is 2.80 bits per heavy atom. The maximum absolute atomic E-state index is 13.6. The molecule has 0 saturated heterocycles. The third-order valence-electron chi connectivity index (χ3n) is 2.82. The van der Waals surface area contributed by atoms with Crippen LogP contribution in [0.1, 0.15) is 43.0 Å². The molecule has 0 unspecified atom stereocenters. The predicted octanol–water partition coefficient (Wildman–Crippen LogP) is 2.78. The van der Waals surface area contributed by atoms with E-state index in [0.717, 1.165) is 0 Å². The van der Waals surface area contributed by atoms with E-state index in [1.54, 1.807) is 10.7 Å². The third-order valence-corrected chi connectivity index (χ3v) is 2.82. The van der Waals surface area contributed by atoms with E-state index in [4.69, 9.17) is 4.74 Å². The molecule has 0 N–H and O–H groups in total. The lowest BCUT2D eigenvalue weighted by Gasteiger charge is -2.11. The molecule has 0 amide bonds. The molecule has 0 bridgehead atoms. The van der Waals surface area contributed by atoms with Gasteiger partial charge in [0.2, 0.25) is 0 Å². The Morgan fingerprint density at radius 2 is 2.20 bits per heavy atom. The van der Waals surface area contributed by atoms with Gasteiger partial charge in [-0.15, -0.1) is 0 Å². The van der Waals surface area contributed by atoms with Gasteiger partial charge in [0.05, 0.1) is 5.56 Å². The summed E-state index contributed by atoms with van der Waals surface area (Å²) in [5.41, 5.74) is 0.0581. The number of benzene rings is 1. The molecule has 0 aliphatic heterocycles. The van der Waals surface area contributed by atoms with Crippen LogP contribution in [0.3, 0.4) is 0 Å². The average Bonchev–Trinajstić information content (AvgIpc) is 2.84. The molecule has 0 aliphatic rings. The van der Waals surface area contributed by atoms with Crippen LogP contribution in [0.15, 0.2) is 24.5 Å². The van der Waals surface area contributed by atoms with E-state index in [9.17, 15) is 9.18 Å². The molecule has 5 nitrogen and oxygen atoms in total. The summed E-state index contributed by atoms with van der Waals surface area (Å²) in [6.07, 6.45) is 1.46. The SMILES string of the molecule is CC(=O)c1ccc(OCc2ncnn2C(C)C)cc1F. The molecular formula is C14H16FN3O2. The van der Waals surface area contributed by atoms with Crippen LogP contribution >= 0.6 is 0 Å². The summed E-state index contributed by atoms with van der Waals surface area (Å²) in [6, 6.07) is 4.36. The molecule has 0 aliphatic carbocycles. The zero-order chi connectivity index (χ0) is 14.7. The smallest absolute Gasteiger partial charge is 0.165 e. The largest absolute Gasteiger partial charge is 0.486 e. The summed E-state index contributed by atoms with van der Waals surface area (Å²) in [4.78, 5) is 15.2. The van der Waals surface area contributed by atoms with Gasteiger partial charge in [-0.05, 0) is 32.9 Å². The lowest BCUT2D eigenvalue weighted by atomic mass is 10.1. The van der Waals surface area contributed by atoms with Crippen molar-refractivity contribution in [1.29, 1.82) is 0 Å². The number of aromatic nitrogens is 3. The highest BCUT2D eigenvalue weighted by atomic mass is 19.1. The number of rotatable bonds is 5. The van der Waals surface area contributed by atoms with Gasteiger partial charge in [0.25, 0.3) is 0 Å². The standard InChI is InChI=1S/C14H16FN3O2/c1-9(2)18-14(16-8-17-18)7-20-11-4-5-12(10(3)19)13(15)6-11/h4-6,8-9H,7H2,1-3H3. The second-order valence-corrected chi connectivity index (χ2v) is 4.70. The van der Waals surface area contributed by atoms with Gasteiger partial charge < -0.3 is 4.74 Å². The first kappa shape index (κ1) is 14.2. The number of nitrogens with zero attached hydrogens (tertiary/aromatic N) is 3. The van der Waals surface area contributed by atoms with Crippen molar-refractivity contribution < 1.29 is 13.9 Å². The molecule has 1 heterocycles. The molecule has 0 fully saturated rings. The van der Waals surface area contributed by atoms with Crippen molar-refractivity contribution in [3.63, 3.8) is 0 Å². The fraction of sp³-hybridized carbons (Fsp3) is 0.357. The summed E-state index contributed by atoms with van der Waals surface area (Å²) in [5, 5.41) is 4.09. The zero-order valence-electron chi connectivity index (χ0n) is 11.6. The predicted molar refractivity (Wildman–Crippen MR) is 71.1 cm³/mol. The lowest BCUT2D eigenvalue weighted by molar-refractivity contribution is 0.101. The van der Waals surface area contributed by atoms with Crippen molar-refractivity contribution >= 4 is 5.78 Å². The normalized spacial score (nSPS) is 10.8. The van der Waals surface area contributed by atoms with Crippen molar-refractivity contribution in [1.82, 2.24) is 14.8 Å². The second kappa shape index (κ2) is 5.81. The Labute approximate surface area is 116 Å². The van der Waals surface area contributed by atoms with E-state index in [2.05, 4.69) is 10.1 Å². The van der Waals surface area contributed by atoms with Crippen LogP contribution in [0.25, 0.3) is 0 Å². The van der Waals surface area contributed by atoms with Crippen LogP contribution in [0.5, 0.6) is 5.75 Å².